The molecule has 0 aliphatic carbocycles. The van der Waals surface area contributed by atoms with Gasteiger partial charge in [0.25, 0.3) is 0 Å². The molecule has 0 spiro atoms. The lowest BCUT2D eigenvalue weighted by atomic mass is 10.1. The van der Waals surface area contributed by atoms with E-state index in [-0.39, 0.29) is 6.61 Å². The first kappa shape index (κ1) is 18.3. The van der Waals surface area contributed by atoms with Crippen molar-refractivity contribution in [1.29, 1.82) is 0 Å². The number of rotatable bonds is 3. The number of H-pyrrole nitrogens is 1. The molecule has 5 nitrogen and oxygen atoms in total. The van der Waals surface area contributed by atoms with Crippen molar-refractivity contribution in [2.75, 3.05) is 0 Å². The average Bonchev–Trinajstić information content (AvgIpc) is 2.94. The summed E-state index contributed by atoms with van der Waals surface area (Å²) in [4.78, 5) is 27.7. The normalized spacial score (nSPS) is 11.3. The van der Waals surface area contributed by atoms with Gasteiger partial charge < -0.3 is 14.1 Å². The first-order valence-electron chi connectivity index (χ1n) is 8.82. The molecule has 0 bridgehead atoms. The molecule has 0 saturated carbocycles. The van der Waals surface area contributed by atoms with Crippen LogP contribution in [0.4, 0.5) is 0 Å². The highest BCUT2D eigenvalue weighted by atomic mass is 35.5. The quantitative estimate of drug-likeness (QED) is 0.381. The van der Waals surface area contributed by atoms with Crippen LogP contribution >= 0.6 is 11.6 Å². The Morgan fingerprint density at radius 2 is 1.89 bits per heavy atom. The first-order valence-corrected chi connectivity index (χ1v) is 9.20. The van der Waals surface area contributed by atoms with Crippen LogP contribution in [0.2, 0.25) is 5.02 Å². The molecule has 0 saturated heterocycles. The van der Waals surface area contributed by atoms with Gasteiger partial charge in [-0.2, -0.15) is 0 Å². The minimum absolute atomic E-state index is 0.0521. The van der Waals surface area contributed by atoms with Crippen molar-refractivity contribution in [3.63, 3.8) is 0 Å². The molecule has 0 fully saturated rings. The zero-order chi connectivity index (χ0) is 20.0. The highest BCUT2D eigenvalue weighted by molar-refractivity contribution is 6.32. The maximum Gasteiger partial charge on any atom is 0.338 e. The Bertz CT molecular complexity index is 1300. The van der Waals surface area contributed by atoms with Crippen LogP contribution in [0.15, 0.2) is 45.6 Å². The summed E-state index contributed by atoms with van der Waals surface area (Å²) in [6.07, 6.45) is 0. The average molecular weight is 396 g/mol. The van der Waals surface area contributed by atoms with Gasteiger partial charge in [-0.05, 0) is 62.2 Å². The van der Waals surface area contributed by atoms with Crippen molar-refractivity contribution in [3.8, 4) is 0 Å². The number of aromatic amines is 1. The Balaban J connectivity index is 1.64. The van der Waals surface area contributed by atoms with Crippen LogP contribution in [0, 0.1) is 20.8 Å². The van der Waals surface area contributed by atoms with E-state index in [0.717, 1.165) is 27.7 Å². The molecule has 0 unspecified atom stereocenters. The molecule has 2 heterocycles. The summed E-state index contributed by atoms with van der Waals surface area (Å²) in [5.41, 5.74) is 4.86. The summed E-state index contributed by atoms with van der Waals surface area (Å²) in [6, 6.07) is 10.1. The molecule has 142 valence electrons. The van der Waals surface area contributed by atoms with E-state index in [1.54, 1.807) is 18.2 Å². The van der Waals surface area contributed by atoms with Gasteiger partial charge in [0.05, 0.1) is 5.56 Å². The van der Waals surface area contributed by atoms with Crippen LogP contribution in [0.5, 0.6) is 0 Å². The molecule has 0 amide bonds. The number of nitrogens with one attached hydrogen (secondary N) is 1. The van der Waals surface area contributed by atoms with Crippen molar-refractivity contribution in [2.24, 2.45) is 0 Å². The molecule has 2 aromatic carbocycles. The van der Waals surface area contributed by atoms with Gasteiger partial charge in [0.15, 0.2) is 0 Å². The number of halogens is 1. The number of aromatic nitrogens is 1. The summed E-state index contributed by atoms with van der Waals surface area (Å²) in [7, 11) is 0. The molecule has 4 aromatic rings. The van der Waals surface area contributed by atoms with Crippen LogP contribution in [0.3, 0.4) is 0 Å². The van der Waals surface area contributed by atoms with Crippen molar-refractivity contribution in [2.45, 2.75) is 27.4 Å². The van der Waals surface area contributed by atoms with Crippen LogP contribution < -0.4 is 5.63 Å². The summed E-state index contributed by atoms with van der Waals surface area (Å²) >= 11 is 6.20. The Labute approximate surface area is 165 Å². The van der Waals surface area contributed by atoms with E-state index in [1.807, 2.05) is 32.9 Å². The fourth-order valence-electron chi connectivity index (χ4n) is 3.28. The molecule has 6 heteroatoms. The van der Waals surface area contributed by atoms with Crippen LogP contribution in [0.1, 0.15) is 32.7 Å². The third-order valence-corrected chi connectivity index (χ3v) is 5.42. The molecule has 2 aromatic heterocycles. The number of carbonyl (C=O) groups is 1. The maximum atomic E-state index is 12.6. The van der Waals surface area contributed by atoms with E-state index >= 15 is 0 Å². The van der Waals surface area contributed by atoms with E-state index in [2.05, 4.69) is 4.98 Å². The Kier molecular flexibility index (Phi) is 4.47. The third kappa shape index (κ3) is 3.18. The molecule has 1 N–H and O–H groups in total. The van der Waals surface area contributed by atoms with Crippen LogP contribution in [-0.2, 0) is 11.3 Å². The van der Waals surface area contributed by atoms with Gasteiger partial charge in [-0.1, -0.05) is 11.6 Å². The van der Waals surface area contributed by atoms with Gasteiger partial charge >= 0.3 is 11.6 Å². The zero-order valence-corrected chi connectivity index (χ0v) is 16.4. The van der Waals surface area contributed by atoms with Gasteiger partial charge in [-0.25, -0.2) is 9.59 Å². The second kappa shape index (κ2) is 6.84. The highest BCUT2D eigenvalue weighted by Crippen LogP contribution is 2.26. The number of aryl methyl sites for hydroxylation is 3. The summed E-state index contributed by atoms with van der Waals surface area (Å²) in [5.74, 6) is -0.459. The number of esters is 1. The number of hydrogen-bond donors (Lipinski definition) is 1. The Morgan fingerprint density at radius 3 is 2.68 bits per heavy atom. The minimum Gasteiger partial charge on any atom is -0.457 e. The fourth-order valence-corrected chi connectivity index (χ4v) is 3.45. The summed E-state index contributed by atoms with van der Waals surface area (Å²) in [5, 5.41) is 2.19. The maximum absolute atomic E-state index is 12.6. The predicted octanol–water partition coefficient (Wildman–Crippen LogP) is 5.21. The van der Waals surface area contributed by atoms with Gasteiger partial charge in [0.1, 0.15) is 12.2 Å². The number of benzene rings is 2. The Hall–Kier alpha value is -3.05. The lowest BCUT2D eigenvalue weighted by Crippen LogP contribution is -2.08. The van der Waals surface area contributed by atoms with Gasteiger partial charge in [-0.15, -0.1) is 0 Å². The van der Waals surface area contributed by atoms with Gasteiger partial charge in [-0.3, -0.25) is 0 Å². The second-order valence-electron chi connectivity index (χ2n) is 6.90. The zero-order valence-electron chi connectivity index (χ0n) is 15.7. The molecule has 0 radical (unpaired) electrons. The van der Waals surface area contributed by atoms with Crippen molar-refractivity contribution in [3.05, 3.63) is 79.8 Å². The van der Waals surface area contributed by atoms with E-state index in [4.69, 9.17) is 20.8 Å². The standard InChI is InChI=1S/C22H18ClNO4/c1-11-6-20-17(9-18(11)23)15(8-21(25)28-20)10-27-22(26)14-4-5-19-16(7-14)12(2)13(3)24-19/h4-9,24H,10H2,1-3H3. The predicted molar refractivity (Wildman–Crippen MR) is 109 cm³/mol. The lowest BCUT2D eigenvalue weighted by Gasteiger charge is -2.09. The smallest absolute Gasteiger partial charge is 0.338 e. The number of carbonyl (C=O) groups excluding carboxylic acids is 1. The van der Waals surface area contributed by atoms with Gasteiger partial charge in [0.2, 0.25) is 0 Å². The molecule has 0 aliphatic rings. The SMILES string of the molecule is Cc1cc2oc(=O)cc(COC(=O)c3ccc4[nH]c(C)c(C)c4c3)c2cc1Cl. The van der Waals surface area contributed by atoms with Crippen molar-refractivity contribution < 1.29 is 13.9 Å². The molecular formula is C22H18ClNO4. The molecule has 28 heavy (non-hydrogen) atoms. The number of ether oxygens (including phenoxy) is 1. The number of hydrogen-bond acceptors (Lipinski definition) is 4. The molecule has 0 atom stereocenters. The van der Waals surface area contributed by atoms with E-state index in [1.165, 1.54) is 6.07 Å². The van der Waals surface area contributed by atoms with Crippen LogP contribution in [0.25, 0.3) is 21.9 Å². The van der Waals surface area contributed by atoms with E-state index in [0.29, 0.717) is 27.1 Å². The minimum atomic E-state index is -0.500. The van der Waals surface area contributed by atoms with Gasteiger partial charge in [0, 0.05) is 38.6 Å². The highest BCUT2D eigenvalue weighted by Gasteiger charge is 2.14. The first-order chi connectivity index (χ1) is 13.3. The number of fused-ring (bicyclic) bond motifs is 2. The lowest BCUT2D eigenvalue weighted by molar-refractivity contribution is 0.0474. The topological polar surface area (TPSA) is 72.3 Å². The third-order valence-electron chi connectivity index (χ3n) is 5.01. The largest absolute Gasteiger partial charge is 0.457 e. The fraction of sp³-hybridized carbons (Fsp3) is 0.182. The molecular weight excluding hydrogens is 378 g/mol. The summed E-state index contributed by atoms with van der Waals surface area (Å²) < 4.78 is 10.7. The monoisotopic (exact) mass is 395 g/mol. The molecule has 4 rings (SSSR count). The van der Waals surface area contributed by atoms with E-state index in [9.17, 15) is 9.59 Å². The van der Waals surface area contributed by atoms with Crippen LogP contribution in [-0.4, -0.2) is 11.0 Å². The Morgan fingerprint density at radius 1 is 1.11 bits per heavy atom. The second-order valence-corrected chi connectivity index (χ2v) is 7.31. The van der Waals surface area contributed by atoms with Crippen molar-refractivity contribution >= 4 is 39.4 Å². The molecule has 0 aliphatic heterocycles. The van der Waals surface area contributed by atoms with E-state index < -0.39 is 11.6 Å². The van der Waals surface area contributed by atoms with Crippen molar-refractivity contribution in [1.82, 2.24) is 4.98 Å². The summed E-state index contributed by atoms with van der Waals surface area (Å²) in [6.45, 7) is 5.77.